The Bertz CT molecular complexity index is 607. The maximum Gasteiger partial charge on any atom is 0.242 e. The van der Waals surface area contributed by atoms with E-state index in [0.29, 0.717) is 11.5 Å². The van der Waals surface area contributed by atoms with Crippen molar-refractivity contribution >= 4 is 28.3 Å². The van der Waals surface area contributed by atoms with Gasteiger partial charge in [0.25, 0.3) is 0 Å². The SMILES string of the molecule is CC(C)(Nc1ccc2cc(N)ccc2n1)C(N)=O. The number of aromatic nitrogens is 1. The molecule has 2 rings (SSSR count). The Balaban J connectivity index is 2.36. The molecule has 2 aromatic rings. The molecule has 5 nitrogen and oxygen atoms in total. The number of hydrogen-bond acceptors (Lipinski definition) is 4. The quantitative estimate of drug-likeness (QED) is 0.713. The Morgan fingerprint density at radius 1 is 1.28 bits per heavy atom. The third kappa shape index (κ3) is 2.34. The fraction of sp³-hybridized carbons (Fsp3) is 0.231. The molecule has 0 unspecified atom stereocenters. The van der Waals surface area contributed by atoms with Gasteiger partial charge in [0.05, 0.1) is 5.52 Å². The lowest BCUT2D eigenvalue weighted by Crippen LogP contribution is -2.45. The molecule has 0 atom stereocenters. The zero-order valence-electron chi connectivity index (χ0n) is 10.4. The summed E-state index contributed by atoms with van der Waals surface area (Å²) in [5, 5.41) is 3.96. The van der Waals surface area contributed by atoms with Crippen LogP contribution in [0.15, 0.2) is 30.3 Å². The molecule has 18 heavy (non-hydrogen) atoms. The average molecular weight is 244 g/mol. The molecule has 0 aliphatic carbocycles. The van der Waals surface area contributed by atoms with Crippen molar-refractivity contribution in [3.63, 3.8) is 0 Å². The molecule has 0 fully saturated rings. The second kappa shape index (κ2) is 4.18. The van der Waals surface area contributed by atoms with Crippen molar-refractivity contribution in [3.8, 4) is 0 Å². The van der Waals surface area contributed by atoms with Gasteiger partial charge >= 0.3 is 0 Å². The molecule has 0 aliphatic heterocycles. The Morgan fingerprint density at radius 2 is 2.00 bits per heavy atom. The van der Waals surface area contributed by atoms with E-state index in [4.69, 9.17) is 11.5 Å². The van der Waals surface area contributed by atoms with Gasteiger partial charge in [0.15, 0.2) is 0 Å². The zero-order valence-corrected chi connectivity index (χ0v) is 10.4. The van der Waals surface area contributed by atoms with Crippen molar-refractivity contribution in [1.82, 2.24) is 4.98 Å². The van der Waals surface area contributed by atoms with Gasteiger partial charge in [0, 0.05) is 11.1 Å². The topological polar surface area (TPSA) is 94.0 Å². The highest BCUT2D eigenvalue weighted by Gasteiger charge is 2.24. The largest absolute Gasteiger partial charge is 0.399 e. The number of fused-ring (bicyclic) bond motifs is 1. The van der Waals surface area contributed by atoms with E-state index in [1.54, 1.807) is 26.0 Å². The summed E-state index contributed by atoms with van der Waals surface area (Å²) < 4.78 is 0. The minimum atomic E-state index is -0.839. The van der Waals surface area contributed by atoms with Gasteiger partial charge in [0.2, 0.25) is 5.91 Å². The molecule has 1 aromatic heterocycles. The van der Waals surface area contributed by atoms with E-state index >= 15 is 0 Å². The van der Waals surface area contributed by atoms with Gasteiger partial charge in [-0.3, -0.25) is 4.79 Å². The number of pyridine rings is 1. The van der Waals surface area contributed by atoms with Crippen LogP contribution in [-0.2, 0) is 4.79 Å². The number of nitrogen functional groups attached to an aromatic ring is 1. The van der Waals surface area contributed by atoms with Crippen molar-refractivity contribution in [1.29, 1.82) is 0 Å². The fourth-order valence-corrected chi connectivity index (χ4v) is 1.60. The second-order valence-electron chi connectivity index (χ2n) is 4.76. The zero-order chi connectivity index (χ0) is 13.3. The van der Waals surface area contributed by atoms with Gasteiger partial charge in [-0.05, 0) is 44.2 Å². The van der Waals surface area contributed by atoms with E-state index in [0.717, 1.165) is 10.9 Å². The molecule has 0 radical (unpaired) electrons. The van der Waals surface area contributed by atoms with Crippen LogP contribution in [0.1, 0.15) is 13.8 Å². The molecule has 5 heteroatoms. The molecular weight excluding hydrogens is 228 g/mol. The lowest BCUT2D eigenvalue weighted by atomic mass is 10.1. The normalized spacial score (nSPS) is 11.4. The number of primary amides is 1. The van der Waals surface area contributed by atoms with Crippen LogP contribution in [-0.4, -0.2) is 16.4 Å². The molecule has 0 aliphatic rings. The van der Waals surface area contributed by atoms with Crippen LogP contribution < -0.4 is 16.8 Å². The summed E-state index contributed by atoms with van der Waals surface area (Å²) in [6, 6.07) is 9.18. The highest BCUT2D eigenvalue weighted by atomic mass is 16.1. The van der Waals surface area contributed by atoms with E-state index in [1.165, 1.54) is 0 Å². The number of carbonyl (C=O) groups is 1. The molecule has 0 bridgehead atoms. The molecule has 0 saturated heterocycles. The number of carbonyl (C=O) groups excluding carboxylic acids is 1. The van der Waals surface area contributed by atoms with E-state index in [2.05, 4.69) is 10.3 Å². The average Bonchev–Trinajstić information content (AvgIpc) is 2.28. The summed E-state index contributed by atoms with van der Waals surface area (Å²) in [7, 11) is 0. The monoisotopic (exact) mass is 244 g/mol. The first-order chi connectivity index (χ1) is 8.38. The lowest BCUT2D eigenvalue weighted by Gasteiger charge is -2.23. The van der Waals surface area contributed by atoms with E-state index in [-0.39, 0.29) is 0 Å². The minimum absolute atomic E-state index is 0.429. The number of rotatable bonds is 3. The van der Waals surface area contributed by atoms with Crippen LogP contribution in [0.2, 0.25) is 0 Å². The number of amides is 1. The van der Waals surface area contributed by atoms with Crippen LogP contribution in [0.5, 0.6) is 0 Å². The first-order valence-electron chi connectivity index (χ1n) is 5.63. The minimum Gasteiger partial charge on any atom is -0.399 e. The van der Waals surface area contributed by atoms with Crippen LogP contribution >= 0.6 is 0 Å². The molecule has 1 amide bonds. The summed E-state index contributed by atoms with van der Waals surface area (Å²) in [6.45, 7) is 3.42. The Morgan fingerprint density at radius 3 is 2.67 bits per heavy atom. The van der Waals surface area contributed by atoms with Crippen molar-refractivity contribution < 1.29 is 4.79 Å². The molecule has 1 aromatic carbocycles. The first-order valence-corrected chi connectivity index (χ1v) is 5.63. The van der Waals surface area contributed by atoms with Crippen LogP contribution in [0, 0.1) is 0 Å². The van der Waals surface area contributed by atoms with Crippen molar-refractivity contribution in [3.05, 3.63) is 30.3 Å². The molecule has 5 N–H and O–H groups in total. The van der Waals surface area contributed by atoms with Gasteiger partial charge in [-0.25, -0.2) is 4.98 Å². The number of nitrogens with zero attached hydrogens (tertiary/aromatic N) is 1. The summed E-state index contributed by atoms with van der Waals surface area (Å²) in [5.74, 6) is 0.178. The molecule has 94 valence electrons. The van der Waals surface area contributed by atoms with Gasteiger partial charge in [-0.2, -0.15) is 0 Å². The summed E-state index contributed by atoms with van der Waals surface area (Å²) >= 11 is 0. The van der Waals surface area contributed by atoms with E-state index < -0.39 is 11.4 Å². The highest BCUT2D eigenvalue weighted by Crippen LogP contribution is 2.20. The first kappa shape index (κ1) is 12.2. The Hall–Kier alpha value is -2.30. The molecule has 0 saturated carbocycles. The molecule has 1 heterocycles. The number of anilines is 2. The number of nitrogens with two attached hydrogens (primary N) is 2. The number of benzene rings is 1. The number of nitrogens with one attached hydrogen (secondary N) is 1. The predicted octanol–water partition coefficient (Wildman–Crippen LogP) is 1.49. The summed E-state index contributed by atoms with van der Waals surface area (Å²) in [5.41, 5.74) is 11.7. The van der Waals surface area contributed by atoms with E-state index in [1.807, 2.05) is 18.2 Å². The summed E-state index contributed by atoms with van der Waals surface area (Å²) in [4.78, 5) is 15.7. The Kier molecular flexibility index (Phi) is 2.82. The molecular formula is C13H16N4O. The van der Waals surface area contributed by atoms with Gasteiger partial charge in [-0.1, -0.05) is 0 Å². The van der Waals surface area contributed by atoms with Crippen molar-refractivity contribution in [2.45, 2.75) is 19.4 Å². The van der Waals surface area contributed by atoms with E-state index in [9.17, 15) is 4.79 Å². The maximum atomic E-state index is 11.2. The third-order valence-electron chi connectivity index (χ3n) is 2.77. The Labute approximate surface area is 105 Å². The predicted molar refractivity (Wildman–Crippen MR) is 73.1 cm³/mol. The highest BCUT2D eigenvalue weighted by molar-refractivity contribution is 5.88. The third-order valence-corrected chi connectivity index (χ3v) is 2.77. The fourth-order valence-electron chi connectivity index (χ4n) is 1.60. The van der Waals surface area contributed by atoms with Crippen molar-refractivity contribution in [2.75, 3.05) is 11.1 Å². The van der Waals surface area contributed by atoms with Gasteiger partial charge < -0.3 is 16.8 Å². The second-order valence-corrected chi connectivity index (χ2v) is 4.76. The van der Waals surface area contributed by atoms with Crippen LogP contribution in [0.3, 0.4) is 0 Å². The smallest absolute Gasteiger partial charge is 0.242 e. The van der Waals surface area contributed by atoms with Gasteiger partial charge in [-0.15, -0.1) is 0 Å². The number of hydrogen-bond donors (Lipinski definition) is 3. The molecule has 0 spiro atoms. The van der Waals surface area contributed by atoms with Crippen molar-refractivity contribution in [2.24, 2.45) is 5.73 Å². The summed E-state index contributed by atoms with van der Waals surface area (Å²) in [6.07, 6.45) is 0. The van der Waals surface area contributed by atoms with Gasteiger partial charge in [0.1, 0.15) is 11.4 Å². The van der Waals surface area contributed by atoms with Crippen LogP contribution in [0.4, 0.5) is 11.5 Å². The maximum absolute atomic E-state index is 11.2. The lowest BCUT2D eigenvalue weighted by molar-refractivity contribution is -0.121. The van der Waals surface area contributed by atoms with Crippen LogP contribution in [0.25, 0.3) is 10.9 Å². The standard InChI is InChI=1S/C13H16N4O/c1-13(2,12(15)18)17-11-6-3-8-7-9(14)4-5-10(8)16-11/h3-7H,14H2,1-2H3,(H2,15,18)(H,16,17).